The molecule has 0 N–H and O–H groups in total. The Morgan fingerprint density at radius 2 is 1.59 bits per heavy atom. The molecule has 0 amide bonds. The number of hydrogen-bond acceptors (Lipinski definition) is 4. The van der Waals surface area contributed by atoms with Crippen molar-refractivity contribution in [3.63, 3.8) is 0 Å². The molecule has 1 rings (SSSR count). The van der Waals surface area contributed by atoms with E-state index in [0.29, 0.717) is 0 Å². The number of hydrogen-bond donors (Lipinski definition) is 0. The normalized spacial score (nSPS) is 9.82. The zero-order chi connectivity index (χ0) is 12.8. The van der Waals surface area contributed by atoms with Gasteiger partial charge >= 0.3 is 11.9 Å². The highest BCUT2D eigenvalue weighted by Gasteiger charge is 2.13. The van der Waals surface area contributed by atoms with Crippen molar-refractivity contribution in [2.24, 2.45) is 0 Å². The lowest BCUT2D eigenvalue weighted by Gasteiger charge is -2.09. The van der Waals surface area contributed by atoms with E-state index in [2.05, 4.69) is 0 Å². The highest BCUT2D eigenvalue weighted by Crippen LogP contribution is 2.28. The highest BCUT2D eigenvalue weighted by atomic mass is 19.1. The van der Waals surface area contributed by atoms with Gasteiger partial charge in [-0.15, -0.1) is 0 Å². The molecule has 0 aliphatic rings. The Bertz CT molecular complexity index is 429. The van der Waals surface area contributed by atoms with E-state index in [0.717, 1.165) is 12.1 Å². The van der Waals surface area contributed by atoms with Crippen molar-refractivity contribution >= 4 is 11.9 Å². The minimum atomic E-state index is -0.569. The van der Waals surface area contributed by atoms with Crippen LogP contribution in [0.1, 0.15) is 26.7 Å². The summed E-state index contributed by atoms with van der Waals surface area (Å²) in [5.41, 5.74) is 0. The van der Waals surface area contributed by atoms with E-state index in [9.17, 15) is 14.0 Å². The van der Waals surface area contributed by atoms with E-state index >= 15 is 0 Å². The fourth-order valence-electron chi connectivity index (χ4n) is 1.04. The Morgan fingerprint density at radius 3 is 2.12 bits per heavy atom. The van der Waals surface area contributed by atoms with Gasteiger partial charge in [-0.25, -0.2) is 4.39 Å². The molecule has 0 saturated carbocycles. The minimum absolute atomic E-state index is 0.0417. The summed E-state index contributed by atoms with van der Waals surface area (Å²) in [7, 11) is 0. The first-order valence-electron chi connectivity index (χ1n) is 5.27. The SMILES string of the molecule is CCC(=O)Oc1ccc(F)cc1OC(=O)CC. The second-order valence-electron chi connectivity index (χ2n) is 3.25. The van der Waals surface area contributed by atoms with Crippen LogP contribution in [-0.2, 0) is 9.59 Å². The third-order valence-corrected chi connectivity index (χ3v) is 1.93. The highest BCUT2D eigenvalue weighted by molar-refractivity contribution is 5.75. The van der Waals surface area contributed by atoms with E-state index in [-0.39, 0.29) is 24.3 Å². The number of benzene rings is 1. The molecule has 0 fully saturated rings. The number of ether oxygens (including phenoxy) is 2. The van der Waals surface area contributed by atoms with Crippen LogP contribution in [0.25, 0.3) is 0 Å². The molecule has 0 aromatic heterocycles. The maximum Gasteiger partial charge on any atom is 0.311 e. The molecule has 0 spiro atoms. The number of carbonyl (C=O) groups is 2. The molecule has 0 atom stereocenters. The molecule has 92 valence electrons. The second-order valence-corrected chi connectivity index (χ2v) is 3.25. The van der Waals surface area contributed by atoms with Gasteiger partial charge in [-0.1, -0.05) is 13.8 Å². The Hall–Kier alpha value is -1.91. The first-order chi connectivity index (χ1) is 8.06. The third-order valence-electron chi connectivity index (χ3n) is 1.93. The van der Waals surface area contributed by atoms with Crippen molar-refractivity contribution in [2.75, 3.05) is 0 Å². The fourth-order valence-corrected chi connectivity index (χ4v) is 1.04. The lowest BCUT2D eigenvalue weighted by Crippen LogP contribution is -2.10. The van der Waals surface area contributed by atoms with Crippen LogP contribution in [0.2, 0.25) is 0 Å². The predicted octanol–water partition coefficient (Wildman–Crippen LogP) is 2.46. The van der Waals surface area contributed by atoms with Gasteiger partial charge in [0.25, 0.3) is 0 Å². The lowest BCUT2D eigenvalue weighted by molar-refractivity contribution is -0.136. The van der Waals surface area contributed by atoms with Gasteiger partial charge in [0, 0.05) is 18.9 Å². The topological polar surface area (TPSA) is 52.6 Å². The average molecular weight is 240 g/mol. The minimum Gasteiger partial charge on any atom is -0.423 e. The molecular formula is C12H13FO4. The average Bonchev–Trinajstić information content (AvgIpc) is 2.32. The summed E-state index contributed by atoms with van der Waals surface area (Å²) in [6.07, 6.45) is 0.330. The van der Waals surface area contributed by atoms with Crippen molar-refractivity contribution in [3.05, 3.63) is 24.0 Å². The van der Waals surface area contributed by atoms with Gasteiger partial charge in [0.1, 0.15) is 5.82 Å². The van der Waals surface area contributed by atoms with Gasteiger partial charge in [-0.2, -0.15) is 0 Å². The van der Waals surface area contributed by atoms with Crippen LogP contribution in [0.4, 0.5) is 4.39 Å². The summed E-state index contributed by atoms with van der Waals surface area (Å²) >= 11 is 0. The summed E-state index contributed by atoms with van der Waals surface area (Å²) in [5, 5.41) is 0. The molecule has 0 saturated heterocycles. The first kappa shape index (κ1) is 13.2. The molecule has 0 heterocycles. The largest absolute Gasteiger partial charge is 0.423 e. The molecule has 0 aliphatic carbocycles. The summed E-state index contributed by atoms with van der Waals surface area (Å²) in [6, 6.07) is 3.38. The van der Waals surface area contributed by atoms with Gasteiger partial charge in [0.15, 0.2) is 11.5 Å². The van der Waals surface area contributed by atoms with E-state index in [1.54, 1.807) is 13.8 Å². The number of carbonyl (C=O) groups excluding carboxylic acids is 2. The van der Waals surface area contributed by atoms with Crippen molar-refractivity contribution in [1.29, 1.82) is 0 Å². The Morgan fingerprint density at radius 1 is 1.06 bits per heavy atom. The maximum atomic E-state index is 13.0. The van der Waals surface area contributed by atoms with E-state index in [4.69, 9.17) is 9.47 Å². The van der Waals surface area contributed by atoms with Gasteiger partial charge in [0.2, 0.25) is 0 Å². The number of rotatable bonds is 4. The molecule has 1 aromatic carbocycles. The van der Waals surface area contributed by atoms with Crippen LogP contribution >= 0.6 is 0 Å². The monoisotopic (exact) mass is 240 g/mol. The maximum absolute atomic E-state index is 13.0. The zero-order valence-corrected chi connectivity index (χ0v) is 9.66. The van der Waals surface area contributed by atoms with Crippen molar-refractivity contribution < 1.29 is 23.5 Å². The van der Waals surface area contributed by atoms with E-state index < -0.39 is 17.8 Å². The molecule has 17 heavy (non-hydrogen) atoms. The molecule has 0 radical (unpaired) electrons. The summed E-state index contributed by atoms with van der Waals surface area (Å²) in [5.74, 6) is -1.62. The van der Waals surface area contributed by atoms with Crippen LogP contribution in [0.5, 0.6) is 11.5 Å². The lowest BCUT2D eigenvalue weighted by atomic mass is 10.3. The molecule has 4 nitrogen and oxygen atoms in total. The van der Waals surface area contributed by atoms with Crippen molar-refractivity contribution in [1.82, 2.24) is 0 Å². The second kappa shape index (κ2) is 5.98. The van der Waals surface area contributed by atoms with Crippen LogP contribution in [0, 0.1) is 5.82 Å². The number of esters is 2. The molecule has 0 bridgehead atoms. The molecule has 0 aliphatic heterocycles. The third kappa shape index (κ3) is 3.86. The van der Waals surface area contributed by atoms with E-state index in [1.807, 2.05) is 0 Å². The number of halogens is 1. The van der Waals surface area contributed by atoms with E-state index in [1.165, 1.54) is 6.07 Å². The van der Waals surface area contributed by atoms with Crippen molar-refractivity contribution in [3.8, 4) is 11.5 Å². The zero-order valence-electron chi connectivity index (χ0n) is 9.66. The molecular weight excluding hydrogens is 227 g/mol. The fraction of sp³-hybridized carbons (Fsp3) is 0.333. The molecule has 1 aromatic rings. The standard InChI is InChI=1S/C12H13FO4/c1-3-11(14)16-9-6-5-8(13)7-10(9)17-12(15)4-2/h5-7H,3-4H2,1-2H3. The van der Waals surface area contributed by atoms with Crippen LogP contribution in [-0.4, -0.2) is 11.9 Å². The van der Waals surface area contributed by atoms with Gasteiger partial charge in [-0.05, 0) is 12.1 Å². The smallest absolute Gasteiger partial charge is 0.311 e. The molecule has 5 heteroatoms. The summed E-state index contributed by atoms with van der Waals surface area (Å²) < 4.78 is 22.8. The Labute approximate surface area is 98.3 Å². The summed E-state index contributed by atoms with van der Waals surface area (Å²) in [6.45, 7) is 3.24. The van der Waals surface area contributed by atoms with Crippen LogP contribution < -0.4 is 9.47 Å². The van der Waals surface area contributed by atoms with Gasteiger partial charge < -0.3 is 9.47 Å². The Balaban J connectivity index is 2.95. The predicted molar refractivity (Wildman–Crippen MR) is 58.3 cm³/mol. The summed E-state index contributed by atoms with van der Waals surface area (Å²) in [4.78, 5) is 22.2. The van der Waals surface area contributed by atoms with Crippen LogP contribution in [0.15, 0.2) is 18.2 Å². The quantitative estimate of drug-likeness (QED) is 0.599. The first-order valence-corrected chi connectivity index (χ1v) is 5.27. The van der Waals surface area contributed by atoms with Crippen LogP contribution in [0.3, 0.4) is 0 Å². The molecule has 0 unspecified atom stereocenters. The Kier molecular flexibility index (Phi) is 4.63. The van der Waals surface area contributed by atoms with Gasteiger partial charge in [0.05, 0.1) is 0 Å². The van der Waals surface area contributed by atoms with Crippen molar-refractivity contribution in [2.45, 2.75) is 26.7 Å². The van der Waals surface area contributed by atoms with Gasteiger partial charge in [-0.3, -0.25) is 9.59 Å².